The molecule has 2 heteroatoms. The zero-order valence-electron chi connectivity index (χ0n) is 11.5. The number of aromatic nitrogens is 1. The van der Waals surface area contributed by atoms with Crippen LogP contribution in [0.15, 0.2) is 30.3 Å². The van der Waals surface area contributed by atoms with E-state index in [9.17, 15) is 0 Å². The molecule has 0 spiro atoms. The maximum Gasteiger partial charge on any atom is 0.0705 e. The van der Waals surface area contributed by atoms with Gasteiger partial charge in [-0.25, -0.2) is 0 Å². The molecule has 18 heavy (non-hydrogen) atoms. The molecule has 1 atom stereocenters. The van der Waals surface area contributed by atoms with Crippen molar-refractivity contribution in [2.75, 3.05) is 13.1 Å². The van der Waals surface area contributed by atoms with Crippen LogP contribution in [0.2, 0.25) is 0 Å². The minimum Gasteiger partial charge on any atom is -0.317 e. The zero-order valence-corrected chi connectivity index (χ0v) is 11.5. The molecule has 0 saturated carbocycles. The molecule has 0 saturated heterocycles. The summed E-state index contributed by atoms with van der Waals surface area (Å²) in [5.74, 6) is 0.592. The fourth-order valence-corrected chi connectivity index (χ4v) is 2.21. The Bertz CT molecular complexity index is 519. The van der Waals surface area contributed by atoms with Gasteiger partial charge in [-0.3, -0.25) is 4.98 Å². The second-order valence-electron chi connectivity index (χ2n) is 4.95. The highest BCUT2D eigenvalue weighted by atomic mass is 14.8. The van der Waals surface area contributed by atoms with Crippen molar-refractivity contribution in [3.8, 4) is 0 Å². The molecular formula is C16H22N2. The van der Waals surface area contributed by atoms with Crippen LogP contribution in [0.3, 0.4) is 0 Å². The Labute approximate surface area is 109 Å². The van der Waals surface area contributed by atoms with Gasteiger partial charge in [0, 0.05) is 11.1 Å². The van der Waals surface area contributed by atoms with Crippen LogP contribution < -0.4 is 5.32 Å². The van der Waals surface area contributed by atoms with Gasteiger partial charge in [0.1, 0.15) is 0 Å². The number of aryl methyl sites for hydroxylation is 1. The van der Waals surface area contributed by atoms with Crippen LogP contribution >= 0.6 is 0 Å². The first-order valence-corrected chi connectivity index (χ1v) is 6.78. The summed E-state index contributed by atoms with van der Waals surface area (Å²) in [4.78, 5) is 4.54. The minimum atomic E-state index is 0.592. The van der Waals surface area contributed by atoms with Crippen molar-refractivity contribution in [3.05, 3.63) is 41.6 Å². The summed E-state index contributed by atoms with van der Waals surface area (Å²) in [6.07, 6.45) is 1.18. The van der Waals surface area contributed by atoms with Crippen molar-refractivity contribution in [2.24, 2.45) is 0 Å². The highest BCUT2D eigenvalue weighted by Crippen LogP contribution is 2.22. The third kappa shape index (κ3) is 3.08. The van der Waals surface area contributed by atoms with Gasteiger partial charge in [-0.2, -0.15) is 0 Å². The van der Waals surface area contributed by atoms with Crippen LogP contribution in [0.25, 0.3) is 10.9 Å². The maximum atomic E-state index is 4.54. The van der Waals surface area contributed by atoms with Crippen molar-refractivity contribution >= 4 is 10.9 Å². The van der Waals surface area contributed by atoms with Crippen molar-refractivity contribution in [1.29, 1.82) is 0 Å². The van der Waals surface area contributed by atoms with Gasteiger partial charge in [-0.15, -0.1) is 0 Å². The molecule has 0 radical (unpaired) electrons. The Morgan fingerprint density at radius 3 is 2.83 bits per heavy atom. The number of benzene rings is 1. The average molecular weight is 242 g/mol. The van der Waals surface area contributed by atoms with E-state index < -0.39 is 0 Å². The molecule has 1 N–H and O–H groups in total. The van der Waals surface area contributed by atoms with Gasteiger partial charge in [0.2, 0.25) is 0 Å². The topological polar surface area (TPSA) is 24.9 Å². The van der Waals surface area contributed by atoms with Crippen LogP contribution in [-0.2, 0) is 0 Å². The highest BCUT2D eigenvalue weighted by Gasteiger charge is 2.06. The number of pyridine rings is 1. The van der Waals surface area contributed by atoms with E-state index in [1.807, 2.05) is 6.92 Å². The third-order valence-electron chi connectivity index (χ3n) is 3.43. The number of rotatable bonds is 5. The van der Waals surface area contributed by atoms with Gasteiger partial charge < -0.3 is 5.32 Å². The molecule has 96 valence electrons. The Balaban J connectivity index is 2.16. The number of nitrogens with one attached hydrogen (secondary N) is 1. The quantitative estimate of drug-likeness (QED) is 0.810. The molecule has 2 nitrogen and oxygen atoms in total. The lowest BCUT2D eigenvalue weighted by molar-refractivity contribution is 0.609. The molecule has 0 aliphatic rings. The zero-order chi connectivity index (χ0) is 13.0. The number of fused-ring (bicyclic) bond motifs is 1. The Kier molecular flexibility index (Phi) is 4.32. The standard InChI is InChI=1S/C16H22N2/c1-4-17-10-9-12(2)14-7-8-16-15(11-14)6-5-13(3)18-16/h5-8,11-12,17H,4,9-10H2,1-3H3. The van der Waals surface area contributed by atoms with Gasteiger partial charge in [0.15, 0.2) is 0 Å². The largest absolute Gasteiger partial charge is 0.317 e. The lowest BCUT2D eigenvalue weighted by atomic mass is 9.96. The molecule has 1 aromatic carbocycles. The second-order valence-corrected chi connectivity index (χ2v) is 4.95. The van der Waals surface area contributed by atoms with Crippen molar-refractivity contribution in [2.45, 2.75) is 33.1 Å². The van der Waals surface area contributed by atoms with Crippen molar-refractivity contribution < 1.29 is 0 Å². The van der Waals surface area contributed by atoms with Gasteiger partial charge >= 0.3 is 0 Å². The summed E-state index contributed by atoms with van der Waals surface area (Å²) in [6, 6.07) is 10.9. The van der Waals surface area contributed by atoms with Crippen LogP contribution in [0.1, 0.15) is 37.4 Å². The fourth-order valence-electron chi connectivity index (χ4n) is 2.21. The summed E-state index contributed by atoms with van der Waals surface area (Å²) >= 11 is 0. The van der Waals surface area contributed by atoms with Crippen molar-refractivity contribution in [3.63, 3.8) is 0 Å². The van der Waals surface area contributed by atoms with Gasteiger partial charge in [0.05, 0.1) is 5.52 Å². The third-order valence-corrected chi connectivity index (χ3v) is 3.43. The average Bonchev–Trinajstić information content (AvgIpc) is 2.38. The first-order valence-electron chi connectivity index (χ1n) is 6.78. The molecule has 2 rings (SSSR count). The predicted molar refractivity (Wildman–Crippen MR) is 78.1 cm³/mol. The first kappa shape index (κ1) is 13.0. The molecule has 1 heterocycles. The van der Waals surface area contributed by atoms with Crippen LogP contribution in [0.5, 0.6) is 0 Å². The smallest absolute Gasteiger partial charge is 0.0705 e. The van der Waals surface area contributed by atoms with Gasteiger partial charge in [-0.05, 0) is 56.1 Å². The molecular weight excluding hydrogens is 220 g/mol. The van der Waals surface area contributed by atoms with Crippen LogP contribution in [-0.4, -0.2) is 18.1 Å². The van der Waals surface area contributed by atoms with Crippen LogP contribution in [0, 0.1) is 6.92 Å². The summed E-state index contributed by atoms with van der Waals surface area (Å²) in [6.45, 7) is 8.61. The van der Waals surface area contributed by atoms with E-state index in [2.05, 4.69) is 54.5 Å². The Hall–Kier alpha value is -1.41. The second kappa shape index (κ2) is 5.96. The molecule has 0 aliphatic carbocycles. The monoisotopic (exact) mass is 242 g/mol. The predicted octanol–water partition coefficient (Wildman–Crippen LogP) is 3.65. The molecule has 0 aliphatic heterocycles. The maximum absolute atomic E-state index is 4.54. The Morgan fingerprint density at radius 1 is 1.22 bits per heavy atom. The molecule has 1 aromatic heterocycles. The van der Waals surface area contributed by atoms with Crippen molar-refractivity contribution in [1.82, 2.24) is 10.3 Å². The molecule has 0 fully saturated rings. The lowest BCUT2D eigenvalue weighted by Crippen LogP contribution is -2.15. The fraction of sp³-hybridized carbons (Fsp3) is 0.438. The SMILES string of the molecule is CCNCCC(C)c1ccc2nc(C)ccc2c1. The molecule has 2 aromatic rings. The molecule has 0 amide bonds. The summed E-state index contributed by atoms with van der Waals surface area (Å²) in [7, 11) is 0. The van der Waals surface area contributed by atoms with E-state index in [4.69, 9.17) is 0 Å². The number of nitrogens with zero attached hydrogens (tertiary/aromatic N) is 1. The summed E-state index contributed by atoms with van der Waals surface area (Å²) in [5, 5.41) is 4.63. The van der Waals surface area contributed by atoms with E-state index in [0.29, 0.717) is 5.92 Å². The van der Waals surface area contributed by atoms with E-state index in [-0.39, 0.29) is 0 Å². The lowest BCUT2D eigenvalue weighted by Gasteiger charge is -2.13. The summed E-state index contributed by atoms with van der Waals surface area (Å²) in [5.41, 5.74) is 3.58. The van der Waals surface area contributed by atoms with E-state index in [1.165, 1.54) is 17.4 Å². The van der Waals surface area contributed by atoms with Gasteiger partial charge in [-0.1, -0.05) is 26.0 Å². The molecule has 1 unspecified atom stereocenters. The molecule has 0 bridgehead atoms. The van der Waals surface area contributed by atoms with Gasteiger partial charge in [0.25, 0.3) is 0 Å². The first-order chi connectivity index (χ1) is 8.70. The summed E-state index contributed by atoms with van der Waals surface area (Å²) < 4.78 is 0. The number of hydrogen-bond donors (Lipinski definition) is 1. The van der Waals surface area contributed by atoms with E-state index >= 15 is 0 Å². The normalized spacial score (nSPS) is 12.8. The highest BCUT2D eigenvalue weighted by molar-refractivity contribution is 5.79. The van der Waals surface area contributed by atoms with E-state index in [0.717, 1.165) is 24.3 Å². The minimum absolute atomic E-state index is 0.592. The Morgan fingerprint density at radius 2 is 2.06 bits per heavy atom. The van der Waals surface area contributed by atoms with Crippen LogP contribution in [0.4, 0.5) is 0 Å². The number of hydrogen-bond acceptors (Lipinski definition) is 2. The van der Waals surface area contributed by atoms with E-state index in [1.54, 1.807) is 0 Å².